The van der Waals surface area contributed by atoms with Crippen LogP contribution in [0.4, 0.5) is 0 Å². The SMILES string of the molecule is Clc1ccc(Cn2cc[n+]3cc(Cl)ccc23)c(Cl)c1.O.[Cl-]. The van der Waals surface area contributed by atoms with Gasteiger partial charge in [-0.3, -0.25) is 0 Å². The highest BCUT2D eigenvalue weighted by Crippen LogP contribution is 2.22. The second kappa shape index (κ2) is 7.34. The Hall–Kier alpha value is -0.970. The lowest BCUT2D eigenvalue weighted by molar-refractivity contribution is -0.510. The maximum atomic E-state index is 6.20. The summed E-state index contributed by atoms with van der Waals surface area (Å²) >= 11 is 18.1. The van der Waals surface area contributed by atoms with Gasteiger partial charge in [0.2, 0.25) is 0 Å². The lowest BCUT2D eigenvalue weighted by Gasteiger charge is -2.02. The molecule has 0 atom stereocenters. The summed E-state index contributed by atoms with van der Waals surface area (Å²) < 4.78 is 4.08. The quantitative estimate of drug-likeness (QED) is 0.590. The molecule has 0 spiro atoms. The molecule has 3 rings (SSSR count). The normalized spacial score (nSPS) is 10.0. The van der Waals surface area contributed by atoms with Crippen molar-refractivity contribution in [2.75, 3.05) is 0 Å². The van der Waals surface area contributed by atoms with Crippen LogP contribution in [-0.2, 0) is 6.54 Å². The highest BCUT2D eigenvalue weighted by molar-refractivity contribution is 6.35. The first kappa shape index (κ1) is 18.1. The Balaban J connectivity index is 0.00000110. The van der Waals surface area contributed by atoms with Crippen LogP contribution in [0, 0.1) is 0 Å². The van der Waals surface area contributed by atoms with Crippen molar-refractivity contribution in [3.05, 3.63) is 69.6 Å². The lowest BCUT2D eigenvalue weighted by Crippen LogP contribution is -3.00. The number of rotatable bonds is 2. The van der Waals surface area contributed by atoms with Crippen molar-refractivity contribution in [3.8, 4) is 0 Å². The zero-order chi connectivity index (χ0) is 13.4. The van der Waals surface area contributed by atoms with E-state index in [1.165, 1.54) is 0 Å². The van der Waals surface area contributed by atoms with Crippen LogP contribution in [0.3, 0.4) is 0 Å². The van der Waals surface area contributed by atoms with Crippen molar-refractivity contribution >= 4 is 40.4 Å². The van der Waals surface area contributed by atoms with E-state index in [2.05, 4.69) is 4.57 Å². The van der Waals surface area contributed by atoms with Crippen LogP contribution < -0.4 is 16.8 Å². The first-order valence-corrected chi connectivity index (χ1v) is 6.86. The van der Waals surface area contributed by atoms with Crippen LogP contribution >= 0.6 is 34.8 Å². The smallest absolute Gasteiger partial charge is 0.286 e. The number of hydrogen-bond donors (Lipinski definition) is 0. The van der Waals surface area contributed by atoms with Gasteiger partial charge in [0, 0.05) is 21.7 Å². The van der Waals surface area contributed by atoms with Gasteiger partial charge < -0.3 is 17.9 Å². The lowest BCUT2D eigenvalue weighted by atomic mass is 10.2. The number of imidazole rings is 1. The minimum atomic E-state index is 0. The van der Waals surface area contributed by atoms with Gasteiger partial charge in [-0.2, -0.15) is 0 Å². The number of nitrogens with zero attached hydrogens (tertiary/aromatic N) is 2. The van der Waals surface area contributed by atoms with Gasteiger partial charge in [-0.1, -0.05) is 40.9 Å². The summed E-state index contributed by atoms with van der Waals surface area (Å²) in [5.41, 5.74) is 2.08. The molecule has 0 saturated heterocycles. The molecule has 0 radical (unpaired) electrons. The van der Waals surface area contributed by atoms with E-state index in [-0.39, 0.29) is 17.9 Å². The van der Waals surface area contributed by atoms with Crippen molar-refractivity contribution in [1.29, 1.82) is 0 Å². The number of hydrogen-bond acceptors (Lipinski definition) is 0. The fraction of sp³-hybridized carbons (Fsp3) is 0.0714. The molecule has 0 amide bonds. The first-order chi connectivity index (χ1) is 9.13. The molecule has 0 saturated carbocycles. The third kappa shape index (κ3) is 3.82. The van der Waals surface area contributed by atoms with Gasteiger partial charge in [0.05, 0.1) is 5.02 Å². The largest absolute Gasteiger partial charge is 1.00 e. The molecular weight excluding hydrogens is 354 g/mol. The van der Waals surface area contributed by atoms with Crippen molar-refractivity contribution < 1.29 is 22.3 Å². The zero-order valence-electron chi connectivity index (χ0n) is 10.7. The topological polar surface area (TPSA) is 40.5 Å². The summed E-state index contributed by atoms with van der Waals surface area (Å²) in [7, 11) is 0. The molecule has 0 bridgehead atoms. The second-order valence-electron chi connectivity index (χ2n) is 4.27. The standard InChI is InChI=1S/C14H10Cl3N2.ClH.H2O/c15-11-2-1-10(13(17)7-11)8-18-5-6-19-9-12(16)3-4-14(18)19;;/h1-7,9H,8H2;1H;1H2/q+1;;/p-1. The Bertz CT molecular complexity index is 758. The summed E-state index contributed by atoms with van der Waals surface area (Å²) in [5.74, 6) is 0. The fourth-order valence-electron chi connectivity index (χ4n) is 2.04. The molecule has 2 aromatic heterocycles. The number of benzene rings is 1. The molecule has 0 unspecified atom stereocenters. The minimum Gasteiger partial charge on any atom is -1.00 e. The Morgan fingerprint density at radius 1 is 1.00 bits per heavy atom. The van der Waals surface area contributed by atoms with Gasteiger partial charge in [-0.15, -0.1) is 0 Å². The molecule has 3 nitrogen and oxygen atoms in total. The van der Waals surface area contributed by atoms with E-state index in [1.54, 1.807) is 6.07 Å². The molecule has 0 aliphatic rings. The Kier molecular flexibility index (Phi) is 6.32. The van der Waals surface area contributed by atoms with E-state index in [9.17, 15) is 0 Å². The van der Waals surface area contributed by atoms with Crippen LogP contribution in [0.25, 0.3) is 5.65 Å². The molecule has 21 heavy (non-hydrogen) atoms. The molecule has 0 aliphatic heterocycles. The van der Waals surface area contributed by atoms with Gasteiger partial charge in [0.25, 0.3) is 5.65 Å². The van der Waals surface area contributed by atoms with Crippen LogP contribution in [0.1, 0.15) is 5.56 Å². The van der Waals surface area contributed by atoms with Gasteiger partial charge in [-0.05, 0) is 18.2 Å². The van der Waals surface area contributed by atoms with Crippen LogP contribution in [0.2, 0.25) is 15.1 Å². The maximum Gasteiger partial charge on any atom is 0.286 e. The van der Waals surface area contributed by atoms with Gasteiger partial charge >= 0.3 is 0 Å². The Morgan fingerprint density at radius 2 is 1.71 bits per heavy atom. The molecule has 0 aliphatic carbocycles. The predicted octanol–water partition coefficient (Wildman–Crippen LogP) is 0.415. The summed E-state index contributed by atoms with van der Waals surface area (Å²) in [6.07, 6.45) is 5.83. The number of aromatic nitrogens is 2. The Morgan fingerprint density at radius 3 is 2.43 bits per heavy atom. The van der Waals surface area contributed by atoms with Crippen LogP contribution in [0.15, 0.2) is 48.9 Å². The van der Waals surface area contributed by atoms with E-state index in [0.717, 1.165) is 11.2 Å². The average molecular weight is 366 g/mol. The molecule has 112 valence electrons. The van der Waals surface area contributed by atoms with E-state index < -0.39 is 0 Å². The summed E-state index contributed by atoms with van der Waals surface area (Å²) in [6.45, 7) is 0.689. The summed E-state index contributed by atoms with van der Waals surface area (Å²) in [4.78, 5) is 0. The predicted molar refractivity (Wildman–Crippen MR) is 81.8 cm³/mol. The molecule has 2 N–H and O–H groups in total. The van der Waals surface area contributed by atoms with Crippen molar-refractivity contribution in [2.45, 2.75) is 6.54 Å². The first-order valence-electron chi connectivity index (χ1n) is 5.73. The molecule has 2 heterocycles. The molecular formula is C14H12Cl4N2O. The van der Waals surface area contributed by atoms with Crippen molar-refractivity contribution in [3.63, 3.8) is 0 Å². The van der Waals surface area contributed by atoms with Crippen molar-refractivity contribution in [1.82, 2.24) is 4.57 Å². The van der Waals surface area contributed by atoms with Gasteiger partial charge in [0.1, 0.15) is 25.1 Å². The molecule has 7 heteroatoms. The van der Waals surface area contributed by atoms with E-state index in [1.807, 2.05) is 47.3 Å². The van der Waals surface area contributed by atoms with Crippen molar-refractivity contribution in [2.24, 2.45) is 0 Å². The highest BCUT2D eigenvalue weighted by Gasteiger charge is 2.12. The second-order valence-corrected chi connectivity index (χ2v) is 5.55. The third-order valence-electron chi connectivity index (χ3n) is 2.98. The van der Waals surface area contributed by atoms with Gasteiger partial charge in [0.15, 0.2) is 0 Å². The van der Waals surface area contributed by atoms with Gasteiger partial charge in [-0.25, -0.2) is 8.97 Å². The van der Waals surface area contributed by atoms with E-state index in [4.69, 9.17) is 34.8 Å². The van der Waals surface area contributed by atoms with Crippen LogP contribution in [0.5, 0.6) is 0 Å². The minimum absolute atomic E-state index is 0. The van der Waals surface area contributed by atoms with E-state index in [0.29, 0.717) is 21.6 Å². The monoisotopic (exact) mass is 364 g/mol. The maximum absolute atomic E-state index is 6.20. The average Bonchev–Trinajstić information content (AvgIpc) is 2.75. The third-order valence-corrected chi connectivity index (χ3v) is 3.79. The molecule has 0 fully saturated rings. The van der Waals surface area contributed by atoms with E-state index >= 15 is 0 Å². The summed E-state index contributed by atoms with van der Waals surface area (Å²) in [5, 5.41) is 2.03. The summed E-state index contributed by atoms with van der Waals surface area (Å²) in [6, 6.07) is 9.40. The Labute approximate surface area is 143 Å². The number of fused-ring (bicyclic) bond motifs is 1. The van der Waals surface area contributed by atoms with Crippen LogP contribution in [-0.4, -0.2) is 10.0 Å². The molecule has 3 aromatic rings. The number of halogens is 4. The fourth-order valence-corrected chi connectivity index (χ4v) is 2.68. The number of pyridine rings is 1. The highest BCUT2D eigenvalue weighted by atomic mass is 35.5. The molecule has 1 aromatic carbocycles. The zero-order valence-corrected chi connectivity index (χ0v) is 13.8.